The van der Waals surface area contributed by atoms with Crippen molar-refractivity contribution in [3.05, 3.63) is 35.2 Å². The van der Waals surface area contributed by atoms with E-state index < -0.39 is 0 Å². The van der Waals surface area contributed by atoms with E-state index in [9.17, 15) is 0 Å². The third kappa shape index (κ3) is 3.13. The van der Waals surface area contributed by atoms with Crippen LogP contribution in [-0.2, 0) is 6.42 Å². The zero-order valence-corrected chi connectivity index (χ0v) is 12.7. The maximum absolute atomic E-state index is 4.67. The first-order chi connectivity index (χ1) is 9.65. The van der Waals surface area contributed by atoms with Crippen LogP contribution in [0.4, 0.5) is 5.82 Å². The second-order valence-electron chi connectivity index (χ2n) is 4.90. The predicted octanol–water partition coefficient (Wildman–Crippen LogP) is 3.54. The fraction of sp³-hybridized carbons (Fsp3) is 0.438. The van der Waals surface area contributed by atoms with Crippen molar-refractivity contribution in [2.24, 2.45) is 0 Å². The lowest BCUT2D eigenvalue weighted by molar-refractivity contribution is 0.935. The van der Waals surface area contributed by atoms with Crippen LogP contribution in [0.25, 0.3) is 11.5 Å². The van der Waals surface area contributed by atoms with Crippen molar-refractivity contribution in [2.75, 3.05) is 11.9 Å². The Morgan fingerprint density at radius 2 is 1.85 bits per heavy atom. The summed E-state index contributed by atoms with van der Waals surface area (Å²) in [5, 5.41) is 3.40. The van der Waals surface area contributed by atoms with Gasteiger partial charge in [-0.3, -0.25) is 0 Å². The Hall–Kier alpha value is -1.97. The molecule has 1 N–H and O–H groups in total. The van der Waals surface area contributed by atoms with Crippen LogP contribution in [0.1, 0.15) is 37.2 Å². The number of nitrogens with one attached hydrogen (secondary N) is 1. The number of pyridine rings is 1. The molecular formula is C16H22N4. The van der Waals surface area contributed by atoms with E-state index >= 15 is 0 Å². The molecule has 0 saturated heterocycles. The number of aromatic nitrogens is 3. The summed E-state index contributed by atoms with van der Waals surface area (Å²) >= 11 is 0. The van der Waals surface area contributed by atoms with Crippen LogP contribution in [0.3, 0.4) is 0 Å². The minimum Gasteiger partial charge on any atom is -0.370 e. The van der Waals surface area contributed by atoms with E-state index in [4.69, 9.17) is 0 Å². The summed E-state index contributed by atoms with van der Waals surface area (Å²) in [4.78, 5) is 13.8. The number of hydrogen-bond donors (Lipinski definition) is 1. The van der Waals surface area contributed by atoms with Crippen LogP contribution in [0.2, 0.25) is 0 Å². The quantitative estimate of drug-likeness (QED) is 0.903. The molecule has 2 aromatic heterocycles. The molecule has 0 aliphatic rings. The van der Waals surface area contributed by atoms with Crippen molar-refractivity contribution in [1.82, 2.24) is 15.0 Å². The van der Waals surface area contributed by atoms with Crippen LogP contribution in [0.5, 0.6) is 0 Å². The number of aryl methyl sites for hydroxylation is 2. The molecule has 2 rings (SSSR count). The summed E-state index contributed by atoms with van der Waals surface area (Å²) in [5.41, 5.74) is 4.02. The molecule has 4 nitrogen and oxygen atoms in total. The van der Waals surface area contributed by atoms with E-state index in [0.29, 0.717) is 5.82 Å². The SMILES string of the molecule is CCCNc1nc(-c2cccc(C)n2)nc(C)c1CC. The lowest BCUT2D eigenvalue weighted by Gasteiger charge is -2.13. The fourth-order valence-electron chi connectivity index (χ4n) is 2.19. The van der Waals surface area contributed by atoms with Crippen LogP contribution in [-0.4, -0.2) is 21.5 Å². The molecule has 0 unspecified atom stereocenters. The summed E-state index contributed by atoms with van der Waals surface area (Å²) in [6.45, 7) is 9.22. The molecule has 20 heavy (non-hydrogen) atoms. The minimum absolute atomic E-state index is 0.696. The second-order valence-corrected chi connectivity index (χ2v) is 4.90. The van der Waals surface area contributed by atoms with E-state index in [0.717, 1.165) is 42.3 Å². The smallest absolute Gasteiger partial charge is 0.180 e. The summed E-state index contributed by atoms with van der Waals surface area (Å²) < 4.78 is 0. The summed E-state index contributed by atoms with van der Waals surface area (Å²) in [6, 6.07) is 5.92. The van der Waals surface area contributed by atoms with E-state index in [1.54, 1.807) is 0 Å². The third-order valence-electron chi connectivity index (χ3n) is 3.23. The molecule has 0 aliphatic carbocycles. The van der Waals surface area contributed by atoms with Crippen molar-refractivity contribution < 1.29 is 0 Å². The number of nitrogens with zero attached hydrogens (tertiary/aromatic N) is 3. The van der Waals surface area contributed by atoms with Gasteiger partial charge >= 0.3 is 0 Å². The van der Waals surface area contributed by atoms with Gasteiger partial charge in [-0.25, -0.2) is 15.0 Å². The van der Waals surface area contributed by atoms with E-state index in [2.05, 4.69) is 34.1 Å². The Balaban J connectivity index is 2.47. The third-order valence-corrected chi connectivity index (χ3v) is 3.23. The number of hydrogen-bond acceptors (Lipinski definition) is 4. The molecule has 0 saturated carbocycles. The molecule has 0 amide bonds. The molecule has 106 valence electrons. The van der Waals surface area contributed by atoms with Gasteiger partial charge in [0.05, 0.1) is 0 Å². The molecule has 0 fully saturated rings. The number of rotatable bonds is 5. The van der Waals surface area contributed by atoms with Gasteiger partial charge < -0.3 is 5.32 Å². The second kappa shape index (κ2) is 6.46. The topological polar surface area (TPSA) is 50.7 Å². The largest absolute Gasteiger partial charge is 0.370 e. The fourth-order valence-corrected chi connectivity index (χ4v) is 2.19. The highest BCUT2D eigenvalue weighted by molar-refractivity contribution is 5.56. The Kier molecular flexibility index (Phi) is 4.66. The highest BCUT2D eigenvalue weighted by atomic mass is 15.0. The minimum atomic E-state index is 0.696. The van der Waals surface area contributed by atoms with Gasteiger partial charge in [-0.15, -0.1) is 0 Å². The first-order valence-electron chi connectivity index (χ1n) is 7.21. The van der Waals surface area contributed by atoms with Gasteiger partial charge in [0, 0.05) is 23.5 Å². The van der Waals surface area contributed by atoms with E-state index in [1.165, 1.54) is 5.56 Å². The van der Waals surface area contributed by atoms with Crippen LogP contribution in [0, 0.1) is 13.8 Å². The maximum Gasteiger partial charge on any atom is 0.180 e. The Labute approximate surface area is 120 Å². The first-order valence-corrected chi connectivity index (χ1v) is 7.21. The normalized spacial score (nSPS) is 10.6. The molecule has 2 aromatic rings. The molecule has 4 heteroatoms. The summed E-state index contributed by atoms with van der Waals surface area (Å²) in [7, 11) is 0. The van der Waals surface area contributed by atoms with Crippen LogP contribution >= 0.6 is 0 Å². The van der Waals surface area contributed by atoms with E-state index in [1.807, 2.05) is 32.0 Å². The molecule has 0 bridgehead atoms. The molecule has 2 heterocycles. The predicted molar refractivity (Wildman–Crippen MR) is 82.9 cm³/mol. The van der Waals surface area contributed by atoms with Gasteiger partial charge in [0.25, 0.3) is 0 Å². The standard InChI is InChI=1S/C16H22N4/c1-5-10-17-15-13(6-2)12(4)19-16(20-15)14-9-7-8-11(3)18-14/h7-9H,5-6,10H2,1-4H3,(H,17,19,20). The Morgan fingerprint density at radius 1 is 1.05 bits per heavy atom. The molecule has 0 aliphatic heterocycles. The zero-order chi connectivity index (χ0) is 14.5. The van der Waals surface area contributed by atoms with Gasteiger partial charge in [0.15, 0.2) is 5.82 Å². The molecule has 0 aromatic carbocycles. The van der Waals surface area contributed by atoms with Gasteiger partial charge in [-0.2, -0.15) is 0 Å². The molecular weight excluding hydrogens is 248 g/mol. The van der Waals surface area contributed by atoms with Crippen molar-refractivity contribution in [2.45, 2.75) is 40.5 Å². The van der Waals surface area contributed by atoms with Gasteiger partial charge in [0.2, 0.25) is 0 Å². The van der Waals surface area contributed by atoms with Gasteiger partial charge in [-0.05, 0) is 38.8 Å². The zero-order valence-electron chi connectivity index (χ0n) is 12.7. The highest BCUT2D eigenvalue weighted by Crippen LogP contribution is 2.21. The van der Waals surface area contributed by atoms with E-state index in [-0.39, 0.29) is 0 Å². The average molecular weight is 270 g/mol. The highest BCUT2D eigenvalue weighted by Gasteiger charge is 2.12. The lowest BCUT2D eigenvalue weighted by Crippen LogP contribution is -2.09. The Morgan fingerprint density at radius 3 is 2.50 bits per heavy atom. The Bertz CT molecular complexity index is 593. The molecule has 0 radical (unpaired) electrons. The molecule has 0 spiro atoms. The van der Waals surface area contributed by atoms with Crippen molar-refractivity contribution in [1.29, 1.82) is 0 Å². The first kappa shape index (κ1) is 14.4. The van der Waals surface area contributed by atoms with Gasteiger partial charge in [-0.1, -0.05) is 19.9 Å². The maximum atomic E-state index is 4.67. The van der Waals surface area contributed by atoms with Crippen molar-refractivity contribution in [3.8, 4) is 11.5 Å². The summed E-state index contributed by atoms with van der Waals surface area (Å²) in [5.74, 6) is 1.64. The van der Waals surface area contributed by atoms with Crippen molar-refractivity contribution in [3.63, 3.8) is 0 Å². The average Bonchev–Trinajstić information content (AvgIpc) is 2.44. The molecule has 0 atom stereocenters. The number of anilines is 1. The van der Waals surface area contributed by atoms with Crippen molar-refractivity contribution >= 4 is 5.82 Å². The monoisotopic (exact) mass is 270 g/mol. The van der Waals surface area contributed by atoms with Gasteiger partial charge in [0.1, 0.15) is 11.5 Å². The van der Waals surface area contributed by atoms with Crippen LogP contribution in [0.15, 0.2) is 18.2 Å². The van der Waals surface area contributed by atoms with Crippen LogP contribution < -0.4 is 5.32 Å². The summed E-state index contributed by atoms with van der Waals surface area (Å²) in [6.07, 6.45) is 2.00. The lowest BCUT2D eigenvalue weighted by atomic mass is 10.1.